The number of hydrogen-bond donors (Lipinski definition) is 4. The van der Waals surface area contributed by atoms with Crippen LogP contribution in [0.4, 0.5) is 5.69 Å². The van der Waals surface area contributed by atoms with E-state index in [1.165, 1.54) is 29.9 Å². The number of carbonyl (C=O) groups is 5. The van der Waals surface area contributed by atoms with Crippen molar-refractivity contribution in [3.8, 4) is 0 Å². The Hall–Kier alpha value is -4.74. The number of furan rings is 1. The van der Waals surface area contributed by atoms with Gasteiger partial charge in [-0.1, -0.05) is 51.3 Å². The third kappa shape index (κ3) is 9.37. The summed E-state index contributed by atoms with van der Waals surface area (Å²) in [4.78, 5) is 76.6. The van der Waals surface area contributed by atoms with Crippen LogP contribution in [0.15, 0.2) is 51.8 Å². The number of para-hydroxylation sites is 1. The molecule has 3 rings (SSSR count). The SMILES string of the molecule is CCCC(CC)CC(C)NC(=O)Cn1cccc(NC(=O)[C@H](CCC(=O)C(=O)NC)NC(=O)c2oc3ccccc3c2C)c1=O. The number of aromatic nitrogens is 1. The van der Waals surface area contributed by atoms with Gasteiger partial charge in [-0.2, -0.15) is 0 Å². The van der Waals surface area contributed by atoms with E-state index in [-0.39, 0.29) is 42.8 Å². The normalized spacial score (nSPS) is 13.0. The Morgan fingerprint density at radius 2 is 1.71 bits per heavy atom. The fourth-order valence-corrected chi connectivity index (χ4v) is 5.32. The van der Waals surface area contributed by atoms with Crippen LogP contribution in [0.25, 0.3) is 11.0 Å². The summed E-state index contributed by atoms with van der Waals surface area (Å²) in [6.45, 7) is 7.66. The van der Waals surface area contributed by atoms with Gasteiger partial charge in [0.05, 0.1) is 0 Å². The van der Waals surface area contributed by atoms with E-state index in [1.54, 1.807) is 31.2 Å². The van der Waals surface area contributed by atoms with Gasteiger partial charge in [0, 0.05) is 36.7 Å². The highest BCUT2D eigenvalue weighted by Gasteiger charge is 2.27. The molecule has 3 atom stereocenters. The minimum atomic E-state index is -1.30. The summed E-state index contributed by atoms with van der Waals surface area (Å²) in [6.07, 6.45) is 4.89. The molecule has 0 bridgehead atoms. The minimum absolute atomic E-state index is 0.00566. The molecule has 0 fully saturated rings. The third-order valence-electron chi connectivity index (χ3n) is 7.77. The zero-order valence-electron chi connectivity index (χ0n) is 26.5. The number of fused-ring (bicyclic) bond motifs is 1. The van der Waals surface area contributed by atoms with Gasteiger partial charge in [-0.05, 0) is 50.8 Å². The molecule has 0 aliphatic heterocycles. The molecule has 2 aromatic heterocycles. The number of likely N-dealkylation sites (N-methyl/N-ethyl adjacent to an activating group) is 1. The molecule has 1 aromatic carbocycles. The number of carbonyl (C=O) groups excluding carboxylic acids is 5. The van der Waals surface area contributed by atoms with E-state index in [0.29, 0.717) is 17.1 Å². The quantitative estimate of drug-likeness (QED) is 0.178. The van der Waals surface area contributed by atoms with Crippen LogP contribution in [0.1, 0.15) is 75.4 Å². The number of aryl methyl sites for hydroxylation is 1. The van der Waals surface area contributed by atoms with Crippen molar-refractivity contribution >= 4 is 46.1 Å². The summed E-state index contributed by atoms with van der Waals surface area (Å²) in [5.74, 6) is -2.92. The average molecular weight is 622 g/mol. The van der Waals surface area contributed by atoms with Crippen molar-refractivity contribution in [1.82, 2.24) is 20.5 Å². The van der Waals surface area contributed by atoms with Gasteiger partial charge in [-0.25, -0.2) is 0 Å². The van der Waals surface area contributed by atoms with Crippen LogP contribution >= 0.6 is 0 Å². The lowest BCUT2D eigenvalue weighted by Crippen LogP contribution is -2.45. The second-order valence-electron chi connectivity index (χ2n) is 11.2. The van der Waals surface area contributed by atoms with Crippen LogP contribution in [0.3, 0.4) is 0 Å². The van der Waals surface area contributed by atoms with E-state index < -0.39 is 35.1 Å². The molecule has 0 saturated heterocycles. The van der Waals surface area contributed by atoms with Crippen molar-refractivity contribution in [3.05, 3.63) is 64.3 Å². The second-order valence-corrected chi connectivity index (χ2v) is 11.2. The van der Waals surface area contributed by atoms with Crippen molar-refractivity contribution in [2.45, 2.75) is 84.8 Å². The molecule has 3 aromatic rings. The third-order valence-corrected chi connectivity index (χ3v) is 7.77. The Kier molecular flexibility index (Phi) is 12.6. The van der Waals surface area contributed by atoms with Gasteiger partial charge in [0.25, 0.3) is 17.4 Å². The number of rotatable bonds is 16. The van der Waals surface area contributed by atoms with Crippen LogP contribution in [0.5, 0.6) is 0 Å². The van der Waals surface area contributed by atoms with E-state index in [4.69, 9.17) is 4.42 Å². The van der Waals surface area contributed by atoms with Crippen molar-refractivity contribution < 1.29 is 28.4 Å². The molecule has 45 heavy (non-hydrogen) atoms. The summed E-state index contributed by atoms with van der Waals surface area (Å²) in [5, 5.41) is 11.0. The number of nitrogens with one attached hydrogen (secondary N) is 4. The van der Waals surface area contributed by atoms with E-state index in [2.05, 4.69) is 35.1 Å². The number of amides is 4. The highest BCUT2D eigenvalue weighted by atomic mass is 16.3. The molecule has 4 amide bonds. The average Bonchev–Trinajstić information content (AvgIpc) is 3.36. The molecule has 0 radical (unpaired) electrons. The molecule has 4 N–H and O–H groups in total. The number of anilines is 1. The van der Waals surface area contributed by atoms with Crippen LogP contribution < -0.4 is 26.8 Å². The Labute approximate surface area is 262 Å². The molecule has 2 unspecified atom stereocenters. The van der Waals surface area contributed by atoms with Gasteiger partial charge in [0.1, 0.15) is 23.9 Å². The highest BCUT2D eigenvalue weighted by Crippen LogP contribution is 2.25. The molecule has 2 heterocycles. The highest BCUT2D eigenvalue weighted by molar-refractivity contribution is 6.36. The Balaban J connectivity index is 1.75. The molecule has 0 spiro atoms. The van der Waals surface area contributed by atoms with E-state index in [9.17, 15) is 28.8 Å². The number of benzene rings is 1. The smallest absolute Gasteiger partial charge is 0.287 e. The molecular formula is C33H43N5O7. The minimum Gasteiger partial charge on any atom is -0.451 e. The van der Waals surface area contributed by atoms with Gasteiger partial charge in [-0.3, -0.25) is 28.8 Å². The van der Waals surface area contributed by atoms with E-state index in [0.717, 1.165) is 31.1 Å². The van der Waals surface area contributed by atoms with E-state index in [1.807, 2.05) is 6.92 Å². The van der Waals surface area contributed by atoms with Crippen LogP contribution in [-0.4, -0.2) is 53.1 Å². The van der Waals surface area contributed by atoms with Crippen molar-refractivity contribution in [2.75, 3.05) is 12.4 Å². The summed E-state index contributed by atoms with van der Waals surface area (Å²) in [5.41, 5.74) is 0.322. The van der Waals surface area contributed by atoms with Crippen molar-refractivity contribution in [1.29, 1.82) is 0 Å². The summed E-state index contributed by atoms with van der Waals surface area (Å²) >= 11 is 0. The summed E-state index contributed by atoms with van der Waals surface area (Å²) in [7, 11) is 1.31. The maximum atomic E-state index is 13.4. The van der Waals surface area contributed by atoms with Crippen LogP contribution in [0, 0.1) is 12.8 Å². The number of nitrogens with zero attached hydrogens (tertiary/aromatic N) is 1. The van der Waals surface area contributed by atoms with Gasteiger partial charge in [0.15, 0.2) is 5.76 Å². The molecular weight excluding hydrogens is 578 g/mol. The van der Waals surface area contributed by atoms with Gasteiger partial charge in [-0.15, -0.1) is 0 Å². The Morgan fingerprint density at radius 3 is 2.38 bits per heavy atom. The first-order valence-electron chi connectivity index (χ1n) is 15.3. The second kappa shape index (κ2) is 16.4. The fourth-order valence-electron chi connectivity index (χ4n) is 5.32. The fraction of sp³-hybridized carbons (Fsp3) is 0.455. The van der Waals surface area contributed by atoms with Crippen LogP contribution in [-0.2, 0) is 25.7 Å². The largest absolute Gasteiger partial charge is 0.451 e. The molecule has 12 nitrogen and oxygen atoms in total. The monoisotopic (exact) mass is 621 g/mol. The predicted molar refractivity (Wildman–Crippen MR) is 171 cm³/mol. The standard InChI is InChI=1S/C33H43N5O7/c1-6-11-22(7-2)18-20(3)35-28(40)19-38-17-10-13-25(33(38)44)37-30(41)24(15-16-26(39)31(42)34-5)36-32(43)29-21(4)23-12-8-9-14-27(23)45-29/h8-10,12-14,17,20,22,24H,6-7,11,15-16,18-19H2,1-5H3,(H,34,42)(H,35,40)(H,36,43)(H,37,41)/t20?,22?,24-/m0/s1. The van der Waals surface area contributed by atoms with Gasteiger partial charge >= 0.3 is 0 Å². The topological polar surface area (TPSA) is 169 Å². The molecule has 0 aliphatic carbocycles. The first kappa shape index (κ1) is 34.7. The zero-order chi connectivity index (χ0) is 33.1. The zero-order valence-corrected chi connectivity index (χ0v) is 26.5. The molecule has 242 valence electrons. The number of Topliss-reactive ketones (excluding diaryl/α,β-unsaturated/α-hetero) is 1. The number of pyridine rings is 1. The predicted octanol–water partition coefficient (Wildman–Crippen LogP) is 3.46. The lowest BCUT2D eigenvalue weighted by Gasteiger charge is -2.21. The van der Waals surface area contributed by atoms with E-state index >= 15 is 0 Å². The lowest BCUT2D eigenvalue weighted by atomic mass is 9.93. The van der Waals surface area contributed by atoms with Crippen LogP contribution in [0.2, 0.25) is 0 Å². The maximum Gasteiger partial charge on any atom is 0.287 e. The molecule has 12 heteroatoms. The Bertz CT molecular complexity index is 1590. The first-order valence-corrected chi connectivity index (χ1v) is 15.3. The number of hydrogen-bond acceptors (Lipinski definition) is 7. The van der Waals surface area contributed by atoms with Crippen molar-refractivity contribution in [3.63, 3.8) is 0 Å². The molecule has 0 saturated carbocycles. The summed E-state index contributed by atoms with van der Waals surface area (Å²) < 4.78 is 6.90. The Morgan fingerprint density at radius 1 is 0.978 bits per heavy atom. The number of ketones is 1. The maximum absolute atomic E-state index is 13.4. The van der Waals surface area contributed by atoms with Gasteiger partial charge in [0.2, 0.25) is 17.6 Å². The van der Waals surface area contributed by atoms with Crippen molar-refractivity contribution in [2.24, 2.45) is 5.92 Å². The summed E-state index contributed by atoms with van der Waals surface area (Å²) in [6, 6.07) is 8.61. The first-order chi connectivity index (χ1) is 21.5. The van der Waals surface area contributed by atoms with Gasteiger partial charge < -0.3 is 30.3 Å². The molecule has 0 aliphatic rings. The lowest BCUT2D eigenvalue weighted by molar-refractivity contribution is -0.137.